The van der Waals surface area contributed by atoms with Gasteiger partial charge in [-0.3, -0.25) is 0 Å². The summed E-state index contributed by atoms with van der Waals surface area (Å²) in [6.45, 7) is 4.63. The van der Waals surface area contributed by atoms with E-state index >= 15 is 0 Å². The van der Waals surface area contributed by atoms with Crippen molar-refractivity contribution in [3.05, 3.63) is 0 Å². The molecule has 0 bridgehead atoms. The second kappa shape index (κ2) is 22.0. The van der Waals surface area contributed by atoms with Gasteiger partial charge >= 0.3 is 17.1 Å². The fraction of sp³-hybridized carbons (Fsp3) is 0.900. The molecule has 0 aromatic rings. The van der Waals surface area contributed by atoms with Crippen LogP contribution in [-0.4, -0.2) is 37.1 Å². The molecule has 0 fully saturated rings. The number of rotatable bonds is 16. The van der Waals surface area contributed by atoms with Crippen LogP contribution in [0.5, 0.6) is 0 Å². The summed E-state index contributed by atoms with van der Waals surface area (Å²) in [5.41, 5.74) is 21.8. The maximum Gasteiger partial charge on any atom is 2.00 e. The summed E-state index contributed by atoms with van der Waals surface area (Å²) < 4.78 is 0. The third kappa shape index (κ3) is 17.8. The second-order valence-electron chi connectivity index (χ2n) is 7.35. The van der Waals surface area contributed by atoms with E-state index in [1.807, 2.05) is 0 Å². The van der Waals surface area contributed by atoms with Crippen LogP contribution < -0.4 is 33.1 Å². The first-order chi connectivity index (χ1) is 13.3. The Kier molecular flexibility index (Phi) is 25.0. The van der Waals surface area contributed by atoms with E-state index < -0.39 is 35.9 Å². The first-order valence-electron chi connectivity index (χ1n) is 10.6. The number of nitrogens with two attached hydrogens (primary N) is 4. The normalized spacial score (nSPS) is 14.6. The second-order valence-corrected chi connectivity index (χ2v) is 7.35. The van der Waals surface area contributed by atoms with E-state index in [4.69, 9.17) is 22.9 Å². The fourth-order valence-electron chi connectivity index (χ4n) is 2.92. The van der Waals surface area contributed by atoms with Gasteiger partial charge in [0.05, 0.1) is 0 Å². The van der Waals surface area contributed by atoms with Gasteiger partial charge in [0, 0.05) is 48.9 Å². The van der Waals surface area contributed by atoms with Crippen molar-refractivity contribution in [2.24, 2.45) is 34.8 Å². The Morgan fingerprint density at radius 1 is 0.690 bits per heavy atom. The van der Waals surface area contributed by atoms with Crippen LogP contribution in [-0.2, 0) is 26.7 Å². The van der Waals surface area contributed by atoms with Gasteiger partial charge in [-0.2, -0.15) is 0 Å². The average Bonchev–Trinajstić information content (AvgIpc) is 2.66. The Labute approximate surface area is 187 Å². The van der Waals surface area contributed by atoms with Gasteiger partial charge in [-0.1, -0.05) is 65.2 Å². The minimum absolute atomic E-state index is 0. The summed E-state index contributed by atoms with van der Waals surface area (Å²) in [5.74, 6) is -3.31. The molecule has 0 saturated carbocycles. The Bertz CT molecular complexity index is 367. The molecule has 4 unspecified atom stereocenters. The fourth-order valence-corrected chi connectivity index (χ4v) is 2.92. The van der Waals surface area contributed by atoms with Crippen LogP contribution in [0.1, 0.15) is 78.1 Å². The summed E-state index contributed by atoms with van der Waals surface area (Å²) in [5, 5.41) is 21.4. The predicted molar refractivity (Wildman–Crippen MR) is 109 cm³/mol. The average molecular weight is 466 g/mol. The summed E-state index contributed by atoms with van der Waals surface area (Å²) in [6.07, 6.45) is 9.60. The molecule has 0 spiro atoms. The molecule has 29 heavy (non-hydrogen) atoms. The molecule has 0 aliphatic heterocycles. The van der Waals surface area contributed by atoms with E-state index in [0.717, 1.165) is 51.4 Å². The first-order valence-corrected chi connectivity index (χ1v) is 10.6. The Morgan fingerprint density at radius 3 is 1.21 bits per heavy atom. The molecular weight excluding hydrogens is 424 g/mol. The minimum atomic E-state index is -1.07. The number of carbonyl (C=O) groups excluding carboxylic acids is 2. The molecule has 0 heterocycles. The van der Waals surface area contributed by atoms with Crippen LogP contribution in [0.25, 0.3) is 0 Å². The SMILES string of the molecule is CCCCCCC(C(=O)[O-])C(N)CN.CCCCCCC(C(=O)[O-])C(N)CN.[Cu+2]. The van der Waals surface area contributed by atoms with Crippen molar-refractivity contribution >= 4 is 11.9 Å². The zero-order valence-corrected chi connectivity index (χ0v) is 19.0. The van der Waals surface area contributed by atoms with Gasteiger partial charge in [-0.25, -0.2) is 0 Å². The van der Waals surface area contributed by atoms with E-state index in [1.54, 1.807) is 0 Å². The molecule has 0 aromatic heterocycles. The van der Waals surface area contributed by atoms with Gasteiger partial charge in [-0.05, 0) is 12.8 Å². The van der Waals surface area contributed by atoms with Gasteiger partial charge in [0.1, 0.15) is 0 Å². The molecule has 0 aliphatic rings. The first kappa shape index (κ1) is 33.0. The van der Waals surface area contributed by atoms with Gasteiger partial charge in [0.2, 0.25) is 0 Å². The number of aliphatic carboxylic acids is 2. The van der Waals surface area contributed by atoms with E-state index in [2.05, 4.69) is 13.8 Å². The summed E-state index contributed by atoms with van der Waals surface area (Å²) in [6, 6.07) is -0.941. The zero-order valence-electron chi connectivity index (χ0n) is 18.0. The predicted octanol–water partition coefficient (Wildman–Crippen LogP) is -0.785. The van der Waals surface area contributed by atoms with Crippen molar-refractivity contribution in [3.8, 4) is 0 Å². The topological polar surface area (TPSA) is 184 Å². The number of carbonyl (C=O) groups is 2. The molecule has 0 aliphatic carbocycles. The third-order valence-electron chi connectivity index (χ3n) is 4.92. The standard InChI is InChI=1S/2C10H22N2O2.Cu/c2*1-2-3-4-5-6-8(10(13)14)9(12)7-11;/h2*8-9H,2-7,11-12H2,1H3,(H,13,14);/q;;+2/p-2. The van der Waals surface area contributed by atoms with Gasteiger partial charge < -0.3 is 42.7 Å². The van der Waals surface area contributed by atoms with Crippen LogP contribution in [0, 0.1) is 11.8 Å². The maximum atomic E-state index is 10.7. The molecule has 1 radical (unpaired) electrons. The Hall–Kier alpha value is -0.701. The molecule has 4 atom stereocenters. The van der Waals surface area contributed by atoms with Gasteiger partial charge in [0.15, 0.2) is 0 Å². The van der Waals surface area contributed by atoms with Crippen molar-refractivity contribution in [1.29, 1.82) is 0 Å². The van der Waals surface area contributed by atoms with Crippen molar-refractivity contribution in [1.82, 2.24) is 0 Å². The molecule has 0 aromatic carbocycles. The molecule has 9 heteroatoms. The number of unbranched alkanes of at least 4 members (excludes halogenated alkanes) is 6. The van der Waals surface area contributed by atoms with E-state index in [9.17, 15) is 19.8 Å². The van der Waals surface area contributed by atoms with Crippen LogP contribution in [0.4, 0.5) is 0 Å². The van der Waals surface area contributed by atoms with Crippen LogP contribution >= 0.6 is 0 Å². The van der Waals surface area contributed by atoms with Crippen LogP contribution in [0.3, 0.4) is 0 Å². The van der Waals surface area contributed by atoms with Crippen LogP contribution in [0.2, 0.25) is 0 Å². The molecule has 0 amide bonds. The van der Waals surface area contributed by atoms with E-state index in [-0.39, 0.29) is 30.2 Å². The molecule has 177 valence electrons. The molecule has 0 rings (SSSR count). The van der Waals surface area contributed by atoms with Gasteiger partial charge in [-0.15, -0.1) is 0 Å². The molecular formula is C20H42CuN4O4. The number of hydrogen-bond acceptors (Lipinski definition) is 8. The molecule has 8 N–H and O–H groups in total. The van der Waals surface area contributed by atoms with Crippen molar-refractivity contribution in [2.45, 2.75) is 90.1 Å². The zero-order chi connectivity index (χ0) is 21.9. The Balaban J connectivity index is -0.000000451. The maximum absolute atomic E-state index is 10.7. The van der Waals surface area contributed by atoms with E-state index in [0.29, 0.717) is 12.8 Å². The molecule has 0 saturated heterocycles. The van der Waals surface area contributed by atoms with E-state index in [1.165, 1.54) is 0 Å². The number of hydrogen-bond donors (Lipinski definition) is 4. The number of carboxylic acid groups (broad SMARTS) is 2. The van der Waals surface area contributed by atoms with Crippen molar-refractivity contribution in [2.75, 3.05) is 13.1 Å². The largest absolute Gasteiger partial charge is 2.00 e. The third-order valence-corrected chi connectivity index (χ3v) is 4.92. The monoisotopic (exact) mass is 465 g/mol. The van der Waals surface area contributed by atoms with Gasteiger partial charge in [0.25, 0.3) is 0 Å². The summed E-state index contributed by atoms with van der Waals surface area (Å²) >= 11 is 0. The Morgan fingerprint density at radius 2 is 1.00 bits per heavy atom. The smallest absolute Gasteiger partial charge is 0.550 e. The van der Waals surface area contributed by atoms with Crippen molar-refractivity contribution < 1.29 is 36.9 Å². The number of carboxylic acids is 2. The van der Waals surface area contributed by atoms with Crippen LogP contribution in [0.15, 0.2) is 0 Å². The summed E-state index contributed by atoms with van der Waals surface area (Å²) in [7, 11) is 0. The minimum Gasteiger partial charge on any atom is -0.550 e. The molecule has 8 nitrogen and oxygen atoms in total. The quantitative estimate of drug-likeness (QED) is 0.169. The summed E-state index contributed by atoms with van der Waals surface area (Å²) in [4.78, 5) is 21.4. The van der Waals surface area contributed by atoms with Crippen molar-refractivity contribution in [3.63, 3.8) is 0 Å².